The lowest BCUT2D eigenvalue weighted by Crippen LogP contribution is -2.35. The van der Waals surface area contributed by atoms with Gasteiger partial charge in [-0.15, -0.1) is 10.2 Å². The highest BCUT2D eigenvalue weighted by Crippen LogP contribution is 2.17. The zero-order valence-electron chi connectivity index (χ0n) is 16.9. The second-order valence-electron chi connectivity index (χ2n) is 8.71. The summed E-state index contributed by atoms with van der Waals surface area (Å²) in [5.41, 5.74) is 0. The first-order valence-corrected chi connectivity index (χ1v) is 10.7. The van der Waals surface area contributed by atoms with E-state index in [1.54, 1.807) is 4.68 Å². The lowest BCUT2D eigenvalue weighted by atomic mass is 10.00. The Morgan fingerprint density at radius 3 is 1.73 bits per heavy atom. The summed E-state index contributed by atoms with van der Waals surface area (Å²) in [6.45, 7) is 12.0. The van der Waals surface area contributed by atoms with Crippen LogP contribution in [0, 0.1) is 11.8 Å². The standard InChI is InChI=1S/C20H38N6/c1-17-7-3-11-24(15-17)13-5-9-19-22-23-20(26(19)21)10-6-14-25-12-4-8-18(2)16-25/h17-18H,3-16,21H2,1-2H3/t17-,18-/m0/s1. The van der Waals surface area contributed by atoms with Gasteiger partial charge in [0, 0.05) is 25.9 Å². The SMILES string of the molecule is C[C@H]1CCCN(CCCc2nnc(CCCN3CCC[C@H](C)C3)n2N)C1. The van der Waals surface area contributed by atoms with Crippen LogP contribution < -0.4 is 5.84 Å². The molecule has 2 saturated heterocycles. The van der Waals surface area contributed by atoms with Crippen LogP contribution in [0.2, 0.25) is 0 Å². The first kappa shape index (κ1) is 19.6. The first-order chi connectivity index (χ1) is 12.6. The molecule has 26 heavy (non-hydrogen) atoms. The summed E-state index contributed by atoms with van der Waals surface area (Å²) in [6, 6.07) is 0. The van der Waals surface area contributed by atoms with E-state index in [2.05, 4.69) is 33.8 Å². The van der Waals surface area contributed by atoms with Crippen LogP contribution in [0.15, 0.2) is 0 Å². The number of aryl methyl sites for hydroxylation is 2. The van der Waals surface area contributed by atoms with Crippen molar-refractivity contribution in [3.8, 4) is 0 Å². The van der Waals surface area contributed by atoms with Crippen LogP contribution in [0.3, 0.4) is 0 Å². The van der Waals surface area contributed by atoms with Gasteiger partial charge in [0.1, 0.15) is 0 Å². The second kappa shape index (κ2) is 9.70. The lowest BCUT2D eigenvalue weighted by molar-refractivity contribution is 0.181. The van der Waals surface area contributed by atoms with E-state index >= 15 is 0 Å². The fraction of sp³-hybridized carbons (Fsp3) is 0.900. The van der Waals surface area contributed by atoms with Gasteiger partial charge >= 0.3 is 0 Å². The average Bonchev–Trinajstić information content (AvgIpc) is 2.96. The van der Waals surface area contributed by atoms with Gasteiger partial charge in [-0.3, -0.25) is 0 Å². The van der Waals surface area contributed by atoms with Crippen molar-refractivity contribution in [2.24, 2.45) is 11.8 Å². The van der Waals surface area contributed by atoms with Crippen molar-refractivity contribution in [1.29, 1.82) is 0 Å². The Balaban J connectivity index is 1.37. The quantitative estimate of drug-likeness (QED) is 0.719. The highest BCUT2D eigenvalue weighted by atomic mass is 15.4. The molecule has 3 rings (SSSR count). The maximum atomic E-state index is 6.25. The summed E-state index contributed by atoms with van der Waals surface area (Å²) in [5, 5.41) is 8.69. The van der Waals surface area contributed by atoms with Gasteiger partial charge in [-0.2, -0.15) is 0 Å². The van der Waals surface area contributed by atoms with Gasteiger partial charge in [0.15, 0.2) is 11.6 Å². The van der Waals surface area contributed by atoms with E-state index in [0.717, 1.165) is 62.3 Å². The third-order valence-electron chi connectivity index (χ3n) is 6.07. The minimum atomic E-state index is 0.844. The summed E-state index contributed by atoms with van der Waals surface area (Å²) in [5.74, 6) is 9.82. The van der Waals surface area contributed by atoms with Gasteiger partial charge in [0.2, 0.25) is 0 Å². The number of aromatic nitrogens is 3. The molecule has 0 unspecified atom stereocenters. The van der Waals surface area contributed by atoms with Crippen LogP contribution in [-0.2, 0) is 12.8 Å². The molecule has 2 N–H and O–H groups in total. The van der Waals surface area contributed by atoms with Gasteiger partial charge in [-0.25, -0.2) is 4.68 Å². The third kappa shape index (κ3) is 5.68. The summed E-state index contributed by atoms with van der Waals surface area (Å²) in [6.07, 6.45) is 9.54. The smallest absolute Gasteiger partial charge is 0.151 e. The van der Waals surface area contributed by atoms with Crippen molar-refractivity contribution < 1.29 is 0 Å². The first-order valence-electron chi connectivity index (χ1n) is 10.7. The number of nitrogen functional groups attached to an aromatic ring is 1. The Morgan fingerprint density at radius 2 is 1.31 bits per heavy atom. The van der Waals surface area contributed by atoms with E-state index in [0.29, 0.717) is 0 Å². The minimum Gasteiger partial charge on any atom is -0.336 e. The number of rotatable bonds is 8. The van der Waals surface area contributed by atoms with E-state index in [9.17, 15) is 0 Å². The molecule has 2 fully saturated rings. The average molecular weight is 363 g/mol. The topological polar surface area (TPSA) is 63.2 Å². The lowest BCUT2D eigenvalue weighted by Gasteiger charge is -2.30. The number of nitrogens with zero attached hydrogens (tertiary/aromatic N) is 5. The number of nitrogens with two attached hydrogens (primary N) is 1. The van der Waals surface area contributed by atoms with Crippen LogP contribution in [0.4, 0.5) is 0 Å². The van der Waals surface area contributed by atoms with Gasteiger partial charge in [0.25, 0.3) is 0 Å². The molecule has 0 bridgehead atoms. The molecule has 0 aliphatic carbocycles. The zero-order chi connectivity index (χ0) is 18.4. The van der Waals surface area contributed by atoms with Crippen molar-refractivity contribution in [2.45, 2.75) is 65.2 Å². The van der Waals surface area contributed by atoms with Gasteiger partial charge < -0.3 is 15.6 Å². The molecule has 0 radical (unpaired) electrons. The van der Waals surface area contributed by atoms with E-state index in [4.69, 9.17) is 5.84 Å². The Labute approximate surface area is 159 Å². The summed E-state index contributed by atoms with van der Waals surface area (Å²) < 4.78 is 1.75. The molecule has 2 atom stereocenters. The molecule has 6 nitrogen and oxygen atoms in total. The largest absolute Gasteiger partial charge is 0.336 e. The molecule has 1 aromatic heterocycles. The van der Waals surface area contributed by atoms with Crippen molar-refractivity contribution in [3.63, 3.8) is 0 Å². The normalized spacial score (nSPS) is 25.6. The number of piperidine rings is 2. The molecular weight excluding hydrogens is 324 g/mol. The Bertz CT molecular complexity index is 497. The molecule has 2 aliphatic heterocycles. The zero-order valence-corrected chi connectivity index (χ0v) is 16.9. The number of hydrogen-bond acceptors (Lipinski definition) is 5. The highest BCUT2D eigenvalue weighted by Gasteiger charge is 2.18. The predicted octanol–water partition coefficient (Wildman–Crippen LogP) is 2.32. The van der Waals surface area contributed by atoms with Crippen molar-refractivity contribution in [2.75, 3.05) is 45.1 Å². The fourth-order valence-corrected chi connectivity index (χ4v) is 4.60. The molecule has 0 spiro atoms. The Hall–Kier alpha value is -1.14. The van der Waals surface area contributed by atoms with E-state index in [1.165, 1.54) is 51.9 Å². The summed E-state index contributed by atoms with van der Waals surface area (Å²) in [4.78, 5) is 5.18. The molecule has 0 aromatic carbocycles. The monoisotopic (exact) mass is 362 g/mol. The second-order valence-corrected chi connectivity index (χ2v) is 8.71. The summed E-state index contributed by atoms with van der Waals surface area (Å²) >= 11 is 0. The van der Waals surface area contributed by atoms with Crippen molar-refractivity contribution in [1.82, 2.24) is 24.7 Å². The molecule has 0 amide bonds. The third-order valence-corrected chi connectivity index (χ3v) is 6.07. The molecule has 0 saturated carbocycles. The van der Waals surface area contributed by atoms with Crippen LogP contribution in [-0.4, -0.2) is 63.9 Å². The molecule has 3 heterocycles. The van der Waals surface area contributed by atoms with Gasteiger partial charge in [-0.1, -0.05) is 13.8 Å². The molecule has 1 aromatic rings. The summed E-state index contributed by atoms with van der Waals surface area (Å²) in [7, 11) is 0. The fourth-order valence-electron chi connectivity index (χ4n) is 4.60. The minimum absolute atomic E-state index is 0.844. The molecule has 6 heteroatoms. The van der Waals surface area contributed by atoms with E-state index < -0.39 is 0 Å². The van der Waals surface area contributed by atoms with Crippen molar-refractivity contribution in [3.05, 3.63) is 11.6 Å². The van der Waals surface area contributed by atoms with Gasteiger partial charge in [0.05, 0.1) is 0 Å². The van der Waals surface area contributed by atoms with E-state index in [1.807, 2.05) is 0 Å². The Morgan fingerprint density at radius 1 is 0.846 bits per heavy atom. The molecule has 2 aliphatic rings. The van der Waals surface area contributed by atoms with Crippen LogP contribution in [0.1, 0.15) is 64.0 Å². The molecule has 148 valence electrons. The van der Waals surface area contributed by atoms with Crippen LogP contribution in [0.5, 0.6) is 0 Å². The van der Waals surface area contributed by atoms with Crippen LogP contribution in [0.25, 0.3) is 0 Å². The maximum Gasteiger partial charge on any atom is 0.151 e. The highest BCUT2D eigenvalue weighted by molar-refractivity contribution is 4.96. The number of hydrogen-bond donors (Lipinski definition) is 1. The Kier molecular flexibility index (Phi) is 7.32. The van der Waals surface area contributed by atoms with Crippen molar-refractivity contribution >= 4 is 0 Å². The number of likely N-dealkylation sites (tertiary alicyclic amines) is 2. The van der Waals surface area contributed by atoms with Gasteiger partial charge in [-0.05, 0) is 76.5 Å². The molecular formula is C20H38N6. The van der Waals surface area contributed by atoms with E-state index in [-0.39, 0.29) is 0 Å². The van der Waals surface area contributed by atoms with Crippen LogP contribution >= 0.6 is 0 Å². The maximum absolute atomic E-state index is 6.25. The predicted molar refractivity (Wildman–Crippen MR) is 106 cm³/mol.